The predicted octanol–water partition coefficient (Wildman–Crippen LogP) is 1.34. The Labute approximate surface area is 88.6 Å². The van der Waals surface area contributed by atoms with Gasteiger partial charge < -0.3 is 15.9 Å². The summed E-state index contributed by atoms with van der Waals surface area (Å²) in [6.45, 7) is 0.837. The second-order valence-corrected chi connectivity index (χ2v) is 3.07. The van der Waals surface area contributed by atoms with Crippen molar-refractivity contribution in [1.29, 1.82) is 5.41 Å². The summed E-state index contributed by atoms with van der Waals surface area (Å²) in [6, 6.07) is 7.09. The first kappa shape index (κ1) is 11.4. The molecule has 0 fully saturated rings. The molecule has 0 bridgehead atoms. The molecule has 0 atom stereocenters. The number of nitrogens with two attached hydrogens (primary N) is 1. The molecular formula is C11H14N2O2. The predicted molar refractivity (Wildman–Crippen MR) is 58.0 cm³/mol. The van der Waals surface area contributed by atoms with Gasteiger partial charge in [0.25, 0.3) is 0 Å². The van der Waals surface area contributed by atoms with E-state index in [-0.39, 0.29) is 0 Å². The molecule has 4 nitrogen and oxygen atoms in total. The SMILES string of the molecule is N=CCCOCc1ccccc1C(N)=O. The summed E-state index contributed by atoms with van der Waals surface area (Å²) >= 11 is 0. The minimum absolute atomic E-state index is 0.354. The Morgan fingerprint density at radius 3 is 2.87 bits per heavy atom. The van der Waals surface area contributed by atoms with Crippen molar-refractivity contribution >= 4 is 12.1 Å². The molecular weight excluding hydrogens is 192 g/mol. The van der Waals surface area contributed by atoms with Gasteiger partial charge in [0.1, 0.15) is 0 Å². The molecule has 0 aliphatic rings. The minimum atomic E-state index is -0.443. The number of carbonyl (C=O) groups excluding carboxylic acids is 1. The van der Waals surface area contributed by atoms with Crippen molar-refractivity contribution in [3.05, 3.63) is 35.4 Å². The number of benzene rings is 1. The van der Waals surface area contributed by atoms with Gasteiger partial charge in [-0.05, 0) is 17.8 Å². The van der Waals surface area contributed by atoms with E-state index in [1.54, 1.807) is 12.1 Å². The molecule has 0 saturated carbocycles. The van der Waals surface area contributed by atoms with Crippen molar-refractivity contribution < 1.29 is 9.53 Å². The second-order valence-electron chi connectivity index (χ2n) is 3.07. The lowest BCUT2D eigenvalue weighted by atomic mass is 10.1. The van der Waals surface area contributed by atoms with Crippen LogP contribution in [0, 0.1) is 5.41 Å². The smallest absolute Gasteiger partial charge is 0.249 e. The maximum atomic E-state index is 11.0. The number of ether oxygens (including phenoxy) is 1. The normalized spacial score (nSPS) is 9.87. The molecule has 0 saturated heterocycles. The van der Waals surface area contributed by atoms with E-state index >= 15 is 0 Å². The van der Waals surface area contributed by atoms with Gasteiger partial charge in [-0.1, -0.05) is 18.2 Å². The Morgan fingerprint density at radius 2 is 2.20 bits per heavy atom. The molecule has 15 heavy (non-hydrogen) atoms. The Morgan fingerprint density at radius 1 is 1.47 bits per heavy atom. The van der Waals surface area contributed by atoms with Crippen molar-refractivity contribution in [3.8, 4) is 0 Å². The van der Waals surface area contributed by atoms with E-state index < -0.39 is 5.91 Å². The van der Waals surface area contributed by atoms with E-state index in [2.05, 4.69) is 0 Å². The van der Waals surface area contributed by atoms with E-state index in [1.165, 1.54) is 6.21 Å². The average molecular weight is 206 g/mol. The van der Waals surface area contributed by atoms with E-state index in [0.29, 0.717) is 25.2 Å². The highest BCUT2D eigenvalue weighted by atomic mass is 16.5. The third-order valence-electron chi connectivity index (χ3n) is 1.95. The minimum Gasteiger partial charge on any atom is -0.376 e. The second kappa shape index (κ2) is 5.93. The zero-order valence-electron chi connectivity index (χ0n) is 8.40. The molecule has 0 spiro atoms. The van der Waals surface area contributed by atoms with Crippen molar-refractivity contribution in [1.82, 2.24) is 0 Å². The van der Waals surface area contributed by atoms with Crippen molar-refractivity contribution in [2.24, 2.45) is 5.73 Å². The Hall–Kier alpha value is -1.68. The number of primary amides is 1. The topological polar surface area (TPSA) is 76.2 Å². The molecule has 1 aromatic rings. The zero-order chi connectivity index (χ0) is 11.1. The highest BCUT2D eigenvalue weighted by molar-refractivity contribution is 5.94. The van der Waals surface area contributed by atoms with Crippen LogP contribution in [0.3, 0.4) is 0 Å². The molecule has 1 amide bonds. The fourth-order valence-corrected chi connectivity index (χ4v) is 1.21. The summed E-state index contributed by atoms with van der Waals surface area (Å²) in [5, 5.41) is 6.82. The van der Waals surface area contributed by atoms with Crippen molar-refractivity contribution in [2.45, 2.75) is 13.0 Å². The maximum Gasteiger partial charge on any atom is 0.249 e. The van der Waals surface area contributed by atoms with Crippen LogP contribution in [0.4, 0.5) is 0 Å². The van der Waals surface area contributed by atoms with Crippen LogP contribution in [0.25, 0.3) is 0 Å². The van der Waals surface area contributed by atoms with Crippen molar-refractivity contribution in [3.63, 3.8) is 0 Å². The Balaban J connectivity index is 2.59. The molecule has 1 rings (SSSR count). The molecule has 4 heteroatoms. The summed E-state index contributed by atoms with van der Waals surface area (Å²) in [6.07, 6.45) is 1.87. The fourth-order valence-electron chi connectivity index (χ4n) is 1.21. The van der Waals surface area contributed by atoms with Crippen LogP contribution in [0.5, 0.6) is 0 Å². The first-order valence-electron chi connectivity index (χ1n) is 4.70. The van der Waals surface area contributed by atoms with Crippen LogP contribution in [0.15, 0.2) is 24.3 Å². The maximum absolute atomic E-state index is 11.0. The zero-order valence-corrected chi connectivity index (χ0v) is 8.40. The number of carbonyl (C=O) groups is 1. The summed E-state index contributed by atoms with van der Waals surface area (Å²) in [5.74, 6) is -0.443. The molecule has 3 N–H and O–H groups in total. The monoisotopic (exact) mass is 206 g/mol. The van der Waals surface area contributed by atoms with Gasteiger partial charge in [0, 0.05) is 12.0 Å². The summed E-state index contributed by atoms with van der Waals surface area (Å²) in [7, 11) is 0. The Bertz CT molecular complexity index is 350. The van der Waals surface area contributed by atoms with Gasteiger partial charge in [-0.25, -0.2) is 0 Å². The Kier molecular flexibility index (Phi) is 4.50. The van der Waals surface area contributed by atoms with E-state index in [9.17, 15) is 4.79 Å². The van der Waals surface area contributed by atoms with Crippen LogP contribution in [0.1, 0.15) is 22.3 Å². The van der Waals surface area contributed by atoms with Crippen LogP contribution < -0.4 is 5.73 Å². The van der Waals surface area contributed by atoms with Crippen molar-refractivity contribution in [2.75, 3.05) is 6.61 Å². The highest BCUT2D eigenvalue weighted by Gasteiger charge is 2.06. The molecule has 0 aromatic heterocycles. The molecule has 0 radical (unpaired) electrons. The third-order valence-corrected chi connectivity index (χ3v) is 1.95. The van der Waals surface area contributed by atoms with Gasteiger partial charge >= 0.3 is 0 Å². The first-order chi connectivity index (χ1) is 7.25. The largest absolute Gasteiger partial charge is 0.376 e. The third kappa shape index (κ3) is 3.52. The molecule has 1 aromatic carbocycles. The van der Waals surface area contributed by atoms with Crippen LogP contribution in [0.2, 0.25) is 0 Å². The van der Waals surface area contributed by atoms with E-state index in [0.717, 1.165) is 5.56 Å². The quantitative estimate of drug-likeness (QED) is 0.544. The van der Waals surface area contributed by atoms with Crippen LogP contribution >= 0.6 is 0 Å². The first-order valence-corrected chi connectivity index (χ1v) is 4.70. The summed E-state index contributed by atoms with van der Waals surface area (Å²) < 4.78 is 5.29. The number of hydrogen-bond donors (Lipinski definition) is 2. The van der Waals surface area contributed by atoms with Gasteiger partial charge in [0.15, 0.2) is 0 Å². The van der Waals surface area contributed by atoms with E-state index in [4.69, 9.17) is 15.9 Å². The molecule has 80 valence electrons. The van der Waals surface area contributed by atoms with Gasteiger partial charge in [-0.15, -0.1) is 0 Å². The molecule has 0 aliphatic carbocycles. The van der Waals surface area contributed by atoms with Gasteiger partial charge in [0.05, 0.1) is 13.2 Å². The molecule has 0 heterocycles. The van der Waals surface area contributed by atoms with Crippen LogP contribution in [-0.2, 0) is 11.3 Å². The number of amides is 1. The van der Waals surface area contributed by atoms with Gasteiger partial charge in [0.2, 0.25) is 5.91 Å². The number of nitrogens with one attached hydrogen (secondary N) is 1. The van der Waals surface area contributed by atoms with Crippen LogP contribution in [-0.4, -0.2) is 18.7 Å². The number of hydrogen-bond acceptors (Lipinski definition) is 3. The van der Waals surface area contributed by atoms with Gasteiger partial charge in [-0.3, -0.25) is 4.79 Å². The lowest BCUT2D eigenvalue weighted by Crippen LogP contribution is -2.14. The summed E-state index contributed by atoms with van der Waals surface area (Å²) in [4.78, 5) is 11.0. The van der Waals surface area contributed by atoms with Gasteiger partial charge in [-0.2, -0.15) is 0 Å². The highest BCUT2D eigenvalue weighted by Crippen LogP contribution is 2.09. The standard InChI is InChI=1S/C11H14N2O2/c12-6-3-7-15-8-9-4-1-2-5-10(9)11(13)14/h1-2,4-6,12H,3,7-8H2,(H2,13,14). The number of rotatable bonds is 6. The van der Waals surface area contributed by atoms with E-state index in [1.807, 2.05) is 12.1 Å². The molecule has 0 aliphatic heterocycles. The summed E-state index contributed by atoms with van der Waals surface area (Å²) in [5.41, 5.74) is 6.49. The lowest BCUT2D eigenvalue weighted by molar-refractivity contribution is 0.0987. The average Bonchev–Trinajstić information content (AvgIpc) is 2.25. The fraction of sp³-hybridized carbons (Fsp3) is 0.273. The lowest BCUT2D eigenvalue weighted by Gasteiger charge is -2.06. The molecule has 0 unspecified atom stereocenters.